The van der Waals surface area contributed by atoms with Gasteiger partial charge < -0.3 is 9.47 Å². The Morgan fingerprint density at radius 2 is 1.90 bits per heavy atom. The molecule has 1 heterocycles. The van der Waals surface area contributed by atoms with Crippen molar-refractivity contribution in [2.75, 3.05) is 6.54 Å². The molecule has 0 aliphatic heterocycles. The topological polar surface area (TPSA) is 38.1 Å². The van der Waals surface area contributed by atoms with Crippen molar-refractivity contribution in [3.63, 3.8) is 0 Å². The summed E-state index contributed by atoms with van der Waals surface area (Å²) in [6.45, 7) is 7.56. The number of benzene rings is 2. The molecule has 0 bridgehead atoms. The van der Waals surface area contributed by atoms with E-state index in [-0.39, 0.29) is 18.0 Å². The van der Waals surface area contributed by atoms with E-state index in [9.17, 15) is 13.6 Å². The predicted molar refractivity (Wildman–Crippen MR) is 111 cm³/mol. The zero-order valence-corrected chi connectivity index (χ0v) is 17.2. The first-order chi connectivity index (χ1) is 13.9. The molecule has 0 N–H and O–H groups in total. The summed E-state index contributed by atoms with van der Waals surface area (Å²) < 4.78 is 30.1. The molecule has 0 aliphatic rings. The number of fused-ring (bicyclic) bond motifs is 1. The molecule has 0 aliphatic carbocycles. The van der Waals surface area contributed by atoms with E-state index in [0.29, 0.717) is 6.54 Å². The first-order valence-electron chi connectivity index (χ1n) is 10.1. The second-order valence-corrected chi connectivity index (χ2v) is 7.70. The highest BCUT2D eigenvalue weighted by Crippen LogP contribution is 2.21. The van der Waals surface area contributed by atoms with Gasteiger partial charge in [-0.2, -0.15) is 0 Å². The summed E-state index contributed by atoms with van der Waals surface area (Å²) in [7, 11) is 0. The summed E-state index contributed by atoms with van der Waals surface area (Å²) in [5.41, 5.74) is 1.64. The van der Waals surface area contributed by atoms with Crippen molar-refractivity contribution in [1.82, 2.24) is 14.5 Å². The lowest BCUT2D eigenvalue weighted by Gasteiger charge is -2.25. The zero-order valence-electron chi connectivity index (χ0n) is 17.2. The maximum atomic E-state index is 14.3. The number of carbonyl (C=O) groups excluding carboxylic acids is 1. The quantitative estimate of drug-likeness (QED) is 0.508. The molecule has 0 atom stereocenters. The van der Waals surface area contributed by atoms with Gasteiger partial charge in [0.15, 0.2) is 11.6 Å². The molecule has 6 heteroatoms. The van der Waals surface area contributed by atoms with Crippen LogP contribution in [0.3, 0.4) is 0 Å². The molecule has 2 aromatic carbocycles. The number of unbranched alkanes of at least 4 members (excludes halogenated alkanes) is 1. The van der Waals surface area contributed by atoms with Gasteiger partial charge in [-0.15, -0.1) is 0 Å². The Morgan fingerprint density at radius 1 is 1.14 bits per heavy atom. The summed E-state index contributed by atoms with van der Waals surface area (Å²) >= 11 is 0. The first kappa shape index (κ1) is 21.0. The fourth-order valence-corrected chi connectivity index (χ4v) is 3.48. The number of para-hydroxylation sites is 2. The number of carbonyl (C=O) groups is 1. The van der Waals surface area contributed by atoms with Gasteiger partial charge in [0, 0.05) is 13.1 Å². The van der Waals surface area contributed by atoms with Crippen molar-refractivity contribution < 1.29 is 13.6 Å². The summed E-state index contributed by atoms with van der Waals surface area (Å²) in [6.07, 6.45) is 2.03. The lowest BCUT2D eigenvalue weighted by molar-refractivity contribution is 0.0710. The van der Waals surface area contributed by atoms with E-state index in [1.165, 1.54) is 12.1 Å². The van der Waals surface area contributed by atoms with Gasteiger partial charge >= 0.3 is 0 Å². The smallest absolute Gasteiger partial charge is 0.257 e. The van der Waals surface area contributed by atoms with Gasteiger partial charge in [0.05, 0.1) is 23.1 Å². The van der Waals surface area contributed by atoms with Crippen LogP contribution in [0.15, 0.2) is 42.5 Å². The summed E-state index contributed by atoms with van der Waals surface area (Å²) in [5.74, 6) is -1.72. The van der Waals surface area contributed by atoms with Gasteiger partial charge in [0.1, 0.15) is 5.82 Å². The van der Waals surface area contributed by atoms with Crippen molar-refractivity contribution in [3.05, 3.63) is 65.5 Å². The number of aromatic nitrogens is 2. The summed E-state index contributed by atoms with van der Waals surface area (Å²) in [4.78, 5) is 19.4. The number of hydrogen-bond donors (Lipinski definition) is 0. The SMILES string of the molecule is CCCCn1c(CN(CC(C)C)C(=O)c2cccc(F)c2F)nc2ccccc21. The molecular weight excluding hydrogens is 372 g/mol. The molecule has 0 fully saturated rings. The van der Waals surface area contributed by atoms with E-state index in [0.717, 1.165) is 42.3 Å². The van der Waals surface area contributed by atoms with Crippen molar-refractivity contribution in [2.24, 2.45) is 5.92 Å². The van der Waals surface area contributed by atoms with Crippen LogP contribution in [0.5, 0.6) is 0 Å². The van der Waals surface area contributed by atoms with Gasteiger partial charge in [-0.25, -0.2) is 13.8 Å². The minimum Gasteiger partial charge on any atom is -0.331 e. The normalized spacial score (nSPS) is 11.4. The second kappa shape index (κ2) is 9.16. The van der Waals surface area contributed by atoms with Crippen molar-refractivity contribution in [2.45, 2.75) is 46.7 Å². The number of aryl methyl sites for hydroxylation is 1. The molecule has 1 amide bonds. The Morgan fingerprint density at radius 3 is 2.62 bits per heavy atom. The monoisotopic (exact) mass is 399 g/mol. The van der Waals surface area contributed by atoms with Gasteiger partial charge in [0.2, 0.25) is 0 Å². The van der Waals surface area contributed by atoms with Crippen molar-refractivity contribution >= 4 is 16.9 Å². The number of hydrogen-bond acceptors (Lipinski definition) is 2. The third-order valence-corrected chi connectivity index (χ3v) is 4.86. The average Bonchev–Trinajstić information content (AvgIpc) is 3.04. The second-order valence-electron chi connectivity index (χ2n) is 7.70. The van der Waals surface area contributed by atoms with Gasteiger partial charge in [0.25, 0.3) is 5.91 Å². The van der Waals surface area contributed by atoms with Crippen molar-refractivity contribution in [3.8, 4) is 0 Å². The molecule has 0 unspecified atom stereocenters. The molecule has 0 saturated heterocycles. The third-order valence-electron chi connectivity index (χ3n) is 4.86. The number of imidazole rings is 1. The maximum Gasteiger partial charge on any atom is 0.257 e. The van der Waals surface area contributed by atoms with Crippen LogP contribution in [-0.4, -0.2) is 26.9 Å². The van der Waals surface area contributed by atoms with Crippen LogP contribution in [0, 0.1) is 17.6 Å². The molecule has 4 nitrogen and oxygen atoms in total. The highest BCUT2D eigenvalue weighted by atomic mass is 19.2. The predicted octanol–water partition coefficient (Wildman–Crippen LogP) is 5.41. The Kier molecular flexibility index (Phi) is 6.62. The Balaban J connectivity index is 1.98. The van der Waals surface area contributed by atoms with E-state index >= 15 is 0 Å². The van der Waals surface area contributed by atoms with E-state index in [4.69, 9.17) is 4.98 Å². The highest BCUT2D eigenvalue weighted by Gasteiger charge is 2.24. The fraction of sp³-hybridized carbons (Fsp3) is 0.391. The standard InChI is InChI=1S/C23H27F2N3O/c1-4-5-13-28-20-12-7-6-11-19(20)26-21(28)15-27(14-16(2)3)23(29)17-9-8-10-18(24)22(17)25/h6-12,16H,4-5,13-15H2,1-3H3. The Labute approximate surface area is 170 Å². The van der Waals surface area contributed by atoms with E-state index < -0.39 is 17.5 Å². The van der Waals surface area contributed by atoms with Crippen LogP contribution < -0.4 is 0 Å². The van der Waals surface area contributed by atoms with Crippen LogP contribution in [0.1, 0.15) is 49.8 Å². The lowest BCUT2D eigenvalue weighted by atomic mass is 10.1. The van der Waals surface area contributed by atoms with Gasteiger partial charge in [-0.1, -0.05) is 45.4 Å². The third kappa shape index (κ3) is 4.63. The van der Waals surface area contributed by atoms with Crippen LogP contribution >= 0.6 is 0 Å². The molecular formula is C23H27F2N3O. The van der Waals surface area contributed by atoms with Crippen molar-refractivity contribution in [1.29, 1.82) is 0 Å². The fourth-order valence-electron chi connectivity index (χ4n) is 3.48. The largest absolute Gasteiger partial charge is 0.331 e. The number of rotatable bonds is 8. The molecule has 0 saturated carbocycles. The zero-order chi connectivity index (χ0) is 21.0. The molecule has 3 aromatic rings. The molecule has 1 aromatic heterocycles. The number of amides is 1. The Hall–Kier alpha value is -2.76. The van der Waals surface area contributed by atoms with Gasteiger partial charge in [-0.3, -0.25) is 4.79 Å². The number of nitrogens with zero attached hydrogens (tertiary/aromatic N) is 3. The van der Waals surface area contributed by atoms with Crippen LogP contribution in [0.2, 0.25) is 0 Å². The summed E-state index contributed by atoms with van der Waals surface area (Å²) in [6, 6.07) is 11.6. The minimum atomic E-state index is -1.11. The highest BCUT2D eigenvalue weighted by molar-refractivity contribution is 5.94. The molecule has 0 radical (unpaired) electrons. The lowest BCUT2D eigenvalue weighted by Crippen LogP contribution is -2.35. The molecule has 154 valence electrons. The molecule has 3 rings (SSSR count). The summed E-state index contributed by atoms with van der Waals surface area (Å²) in [5, 5.41) is 0. The van der Waals surface area contributed by atoms with Crippen LogP contribution in [-0.2, 0) is 13.1 Å². The van der Waals surface area contributed by atoms with E-state index in [1.54, 1.807) is 4.90 Å². The van der Waals surface area contributed by atoms with Crippen LogP contribution in [0.25, 0.3) is 11.0 Å². The van der Waals surface area contributed by atoms with Gasteiger partial charge in [-0.05, 0) is 36.6 Å². The first-order valence-corrected chi connectivity index (χ1v) is 10.1. The number of halogens is 2. The average molecular weight is 399 g/mol. The van der Waals surface area contributed by atoms with Crippen LogP contribution in [0.4, 0.5) is 8.78 Å². The van der Waals surface area contributed by atoms with E-state index in [2.05, 4.69) is 11.5 Å². The van der Waals surface area contributed by atoms with E-state index in [1.807, 2.05) is 38.1 Å². The molecule has 0 spiro atoms. The maximum absolute atomic E-state index is 14.3. The molecule has 29 heavy (non-hydrogen) atoms. The minimum absolute atomic E-state index is 0.170. The Bertz CT molecular complexity index is 997.